The molecule has 4 N–H and O–H groups in total. The Labute approximate surface area is 93.6 Å². The van der Waals surface area contributed by atoms with Gasteiger partial charge in [0.25, 0.3) is 0 Å². The minimum absolute atomic E-state index is 0.751. The average molecular weight is 214 g/mol. The summed E-state index contributed by atoms with van der Waals surface area (Å²) in [7, 11) is 0. The van der Waals surface area contributed by atoms with Crippen LogP contribution in [0.2, 0.25) is 0 Å². The lowest BCUT2D eigenvalue weighted by molar-refractivity contribution is 0.236. The van der Waals surface area contributed by atoms with Crippen LogP contribution in [0.25, 0.3) is 0 Å². The summed E-state index contributed by atoms with van der Waals surface area (Å²) in [6.07, 6.45) is 3.96. The molecule has 4 nitrogen and oxygen atoms in total. The summed E-state index contributed by atoms with van der Waals surface area (Å²) >= 11 is 0. The van der Waals surface area contributed by atoms with E-state index in [0.717, 1.165) is 32.7 Å². The van der Waals surface area contributed by atoms with E-state index in [1.54, 1.807) is 0 Å². The first-order valence-corrected chi connectivity index (χ1v) is 6.27. The number of nitrogens with one attached hydrogen (secondary N) is 2. The number of unbranched alkanes of at least 4 members (excludes halogenated alkanes) is 2. The van der Waals surface area contributed by atoms with Gasteiger partial charge in [0.05, 0.1) is 0 Å². The summed E-state index contributed by atoms with van der Waals surface area (Å²) < 4.78 is 0. The van der Waals surface area contributed by atoms with Crippen molar-refractivity contribution in [2.75, 3.05) is 52.4 Å². The second-order valence-corrected chi connectivity index (χ2v) is 4.19. The minimum Gasteiger partial charge on any atom is -0.329 e. The van der Waals surface area contributed by atoms with Crippen molar-refractivity contribution >= 4 is 0 Å². The molecule has 1 heterocycles. The lowest BCUT2D eigenvalue weighted by atomic mass is 10.2. The molecule has 0 unspecified atom stereocenters. The van der Waals surface area contributed by atoms with Gasteiger partial charge in [-0.15, -0.1) is 0 Å². The van der Waals surface area contributed by atoms with Crippen molar-refractivity contribution in [1.29, 1.82) is 0 Å². The number of hydrogen-bond donors (Lipinski definition) is 3. The van der Waals surface area contributed by atoms with Crippen molar-refractivity contribution in [3.8, 4) is 0 Å². The highest BCUT2D eigenvalue weighted by atomic mass is 15.2. The van der Waals surface area contributed by atoms with Crippen LogP contribution in [0.3, 0.4) is 0 Å². The quantitative estimate of drug-likeness (QED) is 0.482. The van der Waals surface area contributed by atoms with E-state index < -0.39 is 0 Å². The van der Waals surface area contributed by atoms with Crippen LogP contribution in [0, 0.1) is 0 Å². The van der Waals surface area contributed by atoms with E-state index in [0.29, 0.717) is 0 Å². The Morgan fingerprint density at radius 1 is 1.07 bits per heavy atom. The van der Waals surface area contributed by atoms with Crippen LogP contribution in [0.1, 0.15) is 19.3 Å². The Morgan fingerprint density at radius 3 is 2.60 bits per heavy atom. The van der Waals surface area contributed by atoms with Gasteiger partial charge in [-0.2, -0.15) is 0 Å². The van der Waals surface area contributed by atoms with Crippen molar-refractivity contribution < 1.29 is 0 Å². The normalized spacial score (nSPS) is 18.2. The first kappa shape index (κ1) is 12.9. The minimum atomic E-state index is 0.751. The molecule has 0 atom stereocenters. The number of hydrogen-bond acceptors (Lipinski definition) is 4. The monoisotopic (exact) mass is 214 g/mol. The van der Waals surface area contributed by atoms with E-state index in [1.165, 1.54) is 38.9 Å². The third-order valence-corrected chi connectivity index (χ3v) is 2.86. The largest absolute Gasteiger partial charge is 0.329 e. The van der Waals surface area contributed by atoms with Crippen molar-refractivity contribution in [1.82, 2.24) is 15.5 Å². The molecule has 0 aliphatic carbocycles. The van der Waals surface area contributed by atoms with Gasteiger partial charge >= 0.3 is 0 Å². The fourth-order valence-electron chi connectivity index (χ4n) is 1.92. The average Bonchev–Trinajstić information content (AvgIpc) is 2.29. The molecule has 1 saturated heterocycles. The predicted molar refractivity (Wildman–Crippen MR) is 65.1 cm³/mol. The lowest BCUT2D eigenvalue weighted by Gasteiger charge is -2.27. The highest BCUT2D eigenvalue weighted by Crippen LogP contribution is 1.99. The van der Waals surface area contributed by atoms with Gasteiger partial charge < -0.3 is 21.3 Å². The summed E-state index contributed by atoms with van der Waals surface area (Å²) in [6.45, 7) is 8.89. The predicted octanol–water partition coefficient (Wildman–Crippen LogP) is -0.390. The van der Waals surface area contributed by atoms with Gasteiger partial charge in [0.1, 0.15) is 0 Å². The molecular formula is C11H26N4. The Kier molecular flexibility index (Phi) is 7.83. The standard InChI is InChI=1S/C11H26N4/c12-4-6-13-5-2-1-3-9-15-10-7-14-8-11-15/h13-14H,1-12H2. The number of piperazine rings is 1. The summed E-state index contributed by atoms with van der Waals surface area (Å²) in [6, 6.07) is 0. The van der Waals surface area contributed by atoms with E-state index in [9.17, 15) is 0 Å². The maximum atomic E-state index is 5.39. The Balaban J connectivity index is 1.79. The molecular weight excluding hydrogens is 188 g/mol. The summed E-state index contributed by atoms with van der Waals surface area (Å²) in [4.78, 5) is 2.56. The highest BCUT2D eigenvalue weighted by Gasteiger charge is 2.07. The van der Waals surface area contributed by atoms with E-state index in [1.807, 2.05) is 0 Å². The fraction of sp³-hybridized carbons (Fsp3) is 1.00. The Bertz CT molecular complexity index is 135. The fourth-order valence-corrected chi connectivity index (χ4v) is 1.92. The van der Waals surface area contributed by atoms with Gasteiger partial charge in [-0.25, -0.2) is 0 Å². The van der Waals surface area contributed by atoms with E-state index in [-0.39, 0.29) is 0 Å². The molecule has 0 spiro atoms. The zero-order valence-electron chi connectivity index (χ0n) is 9.80. The molecule has 0 aromatic carbocycles. The zero-order valence-corrected chi connectivity index (χ0v) is 9.80. The summed E-state index contributed by atoms with van der Waals surface area (Å²) in [5.74, 6) is 0. The van der Waals surface area contributed by atoms with Crippen LogP contribution < -0.4 is 16.4 Å². The van der Waals surface area contributed by atoms with Crippen LogP contribution in [0.15, 0.2) is 0 Å². The first-order chi connectivity index (χ1) is 7.43. The number of rotatable bonds is 8. The van der Waals surface area contributed by atoms with Crippen LogP contribution in [-0.2, 0) is 0 Å². The van der Waals surface area contributed by atoms with Gasteiger partial charge in [-0.05, 0) is 25.9 Å². The van der Waals surface area contributed by atoms with Crippen molar-refractivity contribution in [2.24, 2.45) is 5.73 Å². The number of nitrogens with two attached hydrogens (primary N) is 1. The van der Waals surface area contributed by atoms with E-state index in [2.05, 4.69) is 15.5 Å². The van der Waals surface area contributed by atoms with Crippen LogP contribution in [0.4, 0.5) is 0 Å². The molecule has 4 heteroatoms. The van der Waals surface area contributed by atoms with Gasteiger partial charge in [0, 0.05) is 39.3 Å². The van der Waals surface area contributed by atoms with E-state index in [4.69, 9.17) is 5.73 Å². The third-order valence-electron chi connectivity index (χ3n) is 2.86. The molecule has 90 valence electrons. The van der Waals surface area contributed by atoms with Crippen molar-refractivity contribution in [3.05, 3.63) is 0 Å². The second kappa shape index (κ2) is 9.09. The van der Waals surface area contributed by atoms with Gasteiger partial charge in [-0.3, -0.25) is 0 Å². The molecule has 0 aromatic rings. The highest BCUT2D eigenvalue weighted by molar-refractivity contribution is 4.67. The smallest absolute Gasteiger partial charge is 0.0107 e. The summed E-state index contributed by atoms with van der Waals surface area (Å²) in [5.41, 5.74) is 5.39. The van der Waals surface area contributed by atoms with E-state index >= 15 is 0 Å². The molecule has 0 amide bonds. The van der Waals surface area contributed by atoms with Crippen molar-refractivity contribution in [3.63, 3.8) is 0 Å². The van der Waals surface area contributed by atoms with Gasteiger partial charge in [0.15, 0.2) is 0 Å². The maximum Gasteiger partial charge on any atom is 0.0107 e. The molecule has 15 heavy (non-hydrogen) atoms. The molecule has 1 rings (SSSR count). The van der Waals surface area contributed by atoms with Gasteiger partial charge in [-0.1, -0.05) is 6.42 Å². The lowest BCUT2D eigenvalue weighted by Crippen LogP contribution is -2.43. The molecule has 1 aliphatic rings. The molecule has 0 saturated carbocycles. The Morgan fingerprint density at radius 2 is 1.87 bits per heavy atom. The molecule has 1 aliphatic heterocycles. The first-order valence-electron chi connectivity index (χ1n) is 6.27. The second-order valence-electron chi connectivity index (χ2n) is 4.19. The zero-order chi connectivity index (χ0) is 10.8. The molecule has 0 radical (unpaired) electrons. The summed E-state index contributed by atoms with van der Waals surface area (Å²) in [5, 5.41) is 6.70. The molecule has 1 fully saturated rings. The van der Waals surface area contributed by atoms with Crippen molar-refractivity contribution in [2.45, 2.75) is 19.3 Å². The molecule has 0 bridgehead atoms. The molecule has 0 aromatic heterocycles. The van der Waals surface area contributed by atoms with Gasteiger partial charge in [0.2, 0.25) is 0 Å². The maximum absolute atomic E-state index is 5.39. The van der Waals surface area contributed by atoms with Crippen LogP contribution >= 0.6 is 0 Å². The number of nitrogens with zero attached hydrogens (tertiary/aromatic N) is 1. The third kappa shape index (κ3) is 6.84. The topological polar surface area (TPSA) is 53.3 Å². The van der Waals surface area contributed by atoms with Crippen LogP contribution in [0.5, 0.6) is 0 Å². The Hall–Kier alpha value is -0.160. The van der Waals surface area contributed by atoms with Crippen LogP contribution in [-0.4, -0.2) is 57.3 Å². The SMILES string of the molecule is NCCNCCCCCN1CCNCC1.